The summed E-state index contributed by atoms with van der Waals surface area (Å²) in [6, 6.07) is 16.7. The van der Waals surface area contributed by atoms with Crippen molar-refractivity contribution in [3.63, 3.8) is 0 Å². The van der Waals surface area contributed by atoms with Crippen molar-refractivity contribution in [1.29, 1.82) is 0 Å². The number of hydrogen-bond acceptors (Lipinski definition) is 6. The van der Waals surface area contributed by atoms with Gasteiger partial charge in [-0.2, -0.15) is 0 Å². The monoisotopic (exact) mass is 393 g/mol. The first-order valence-electron chi connectivity index (χ1n) is 7.94. The van der Waals surface area contributed by atoms with E-state index < -0.39 is 5.91 Å². The second-order valence-corrected chi connectivity index (χ2v) is 6.77. The van der Waals surface area contributed by atoms with Crippen LogP contribution in [-0.4, -0.2) is 26.1 Å². The highest BCUT2D eigenvalue weighted by molar-refractivity contribution is 7.12. The van der Waals surface area contributed by atoms with E-state index in [0.29, 0.717) is 22.0 Å². The van der Waals surface area contributed by atoms with Crippen molar-refractivity contribution in [3.05, 3.63) is 71.0 Å². The molecular weight excluding hydrogens is 382 g/mol. The number of amides is 1. The predicted octanol–water partition coefficient (Wildman–Crippen LogP) is 4.08. The fraction of sp³-hybridized carbons (Fsp3) is 0. The zero-order valence-electron chi connectivity index (χ0n) is 13.8. The Bertz CT molecular complexity index is 1120. The highest BCUT2D eigenvalue weighted by atomic mass is 35.5. The van der Waals surface area contributed by atoms with Crippen LogP contribution in [0.5, 0.6) is 0 Å². The molecule has 0 unspecified atom stereocenters. The maximum atomic E-state index is 12.2. The normalized spacial score (nSPS) is 10.7. The van der Waals surface area contributed by atoms with Gasteiger partial charge in [-0.15, -0.1) is 10.2 Å². The summed E-state index contributed by atoms with van der Waals surface area (Å²) in [6.45, 7) is 0. The van der Waals surface area contributed by atoms with Gasteiger partial charge in [-0.25, -0.2) is 9.97 Å². The number of carbonyl (C=O) groups is 1. The minimum absolute atomic E-state index is 0.0609. The molecule has 0 fully saturated rings. The van der Waals surface area contributed by atoms with Gasteiger partial charge in [0.15, 0.2) is 5.82 Å². The van der Waals surface area contributed by atoms with E-state index >= 15 is 0 Å². The lowest BCUT2D eigenvalue weighted by molar-refractivity contribution is 0.0996. The van der Waals surface area contributed by atoms with Crippen LogP contribution >= 0.6 is 22.9 Å². The number of hydrogen-bond donors (Lipinski definition) is 1. The maximum absolute atomic E-state index is 12.2. The van der Waals surface area contributed by atoms with Crippen LogP contribution in [0.2, 0.25) is 5.15 Å². The highest BCUT2D eigenvalue weighted by Gasteiger charge is 2.22. The minimum atomic E-state index is -0.682. The average molecular weight is 394 g/mol. The molecule has 0 radical (unpaired) electrons. The Morgan fingerprint density at radius 2 is 1.67 bits per heavy atom. The van der Waals surface area contributed by atoms with Gasteiger partial charge >= 0.3 is 0 Å². The van der Waals surface area contributed by atoms with Gasteiger partial charge in [0, 0.05) is 11.1 Å². The molecule has 2 N–H and O–H groups in total. The van der Waals surface area contributed by atoms with Crippen LogP contribution in [0.15, 0.2) is 60.1 Å². The average Bonchev–Trinajstić information content (AvgIpc) is 3.22. The molecule has 0 aliphatic carbocycles. The van der Waals surface area contributed by atoms with Crippen molar-refractivity contribution in [1.82, 2.24) is 20.2 Å². The number of benzene rings is 2. The molecule has 6 nitrogen and oxygen atoms in total. The Labute approximate surface area is 163 Å². The topological polar surface area (TPSA) is 94.7 Å². The van der Waals surface area contributed by atoms with Crippen LogP contribution in [-0.2, 0) is 0 Å². The first-order valence-corrected chi connectivity index (χ1v) is 9.19. The van der Waals surface area contributed by atoms with Crippen LogP contribution in [0.25, 0.3) is 33.1 Å². The third-order valence-electron chi connectivity index (χ3n) is 3.92. The van der Waals surface area contributed by atoms with Crippen LogP contribution < -0.4 is 5.73 Å². The Kier molecular flexibility index (Phi) is 4.62. The van der Waals surface area contributed by atoms with E-state index in [0.717, 1.165) is 11.1 Å². The van der Waals surface area contributed by atoms with Crippen LogP contribution in [0.1, 0.15) is 10.5 Å². The van der Waals surface area contributed by atoms with E-state index in [2.05, 4.69) is 20.2 Å². The van der Waals surface area contributed by atoms with Gasteiger partial charge in [-0.3, -0.25) is 4.79 Å². The molecule has 0 saturated heterocycles. The van der Waals surface area contributed by atoms with Crippen LogP contribution in [0, 0.1) is 0 Å². The SMILES string of the molecule is NC(=O)c1nc(-c2ccccc2)nc(Cl)c1-c1ccccc1-c1nncs1. The Morgan fingerprint density at radius 3 is 2.33 bits per heavy atom. The third kappa shape index (κ3) is 3.30. The number of rotatable bonds is 4. The molecule has 4 aromatic rings. The summed E-state index contributed by atoms with van der Waals surface area (Å²) in [7, 11) is 0. The van der Waals surface area contributed by atoms with E-state index in [4.69, 9.17) is 17.3 Å². The predicted molar refractivity (Wildman–Crippen MR) is 105 cm³/mol. The summed E-state index contributed by atoms with van der Waals surface area (Å²) in [5.74, 6) is -0.343. The van der Waals surface area contributed by atoms with E-state index in [1.165, 1.54) is 11.3 Å². The lowest BCUT2D eigenvalue weighted by atomic mass is 9.99. The van der Waals surface area contributed by atoms with Crippen LogP contribution in [0.4, 0.5) is 0 Å². The molecule has 2 aromatic heterocycles. The summed E-state index contributed by atoms with van der Waals surface area (Å²) in [4.78, 5) is 21.0. The number of nitrogens with two attached hydrogens (primary N) is 1. The number of aromatic nitrogens is 4. The summed E-state index contributed by atoms with van der Waals surface area (Å²) in [6.07, 6.45) is 0. The molecule has 0 aliphatic heterocycles. The minimum Gasteiger partial charge on any atom is -0.364 e. The summed E-state index contributed by atoms with van der Waals surface area (Å²) in [5.41, 5.74) is 9.90. The van der Waals surface area contributed by atoms with Crippen molar-refractivity contribution in [2.75, 3.05) is 0 Å². The first-order chi connectivity index (χ1) is 13.1. The quantitative estimate of drug-likeness (QED) is 0.527. The van der Waals surface area contributed by atoms with E-state index in [9.17, 15) is 4.79 Å². The molecule has 1 amide bonds. The molecule has 2 aromatic carbocycles. The molecular formula is C19H12ClN5OS. The molecule has 27 heavy (non-hydrogen) atoms. The number of halogens is 1. The van der Waals surface area contributed by atoms with Gasteiger partial charge < -0.3 is 5.73 Å². The van der Waals surface area contributed by atoms with E-state index in [1.807, 2.05) is 54.6 Å². The lowest BCUT2D eigenvalue weighted by Gasteiger charge is -2.13. The molecule has 0 aliphatic rings. The Balaban J connectivity index is 1.96. The molecule has 132 valence electrons. The van der Waals surface area contributed by atoms with Gasteiger partial charge in [0.2, 0.25) is 0 Å². The molecule has 0 atom stereocenters. The molecule has 0 spiro atoms. The fourth-order valence-corrected chi connectivity index (χ4v) is 3.61. The molecule has 4 rings (SSSR count). The van der Waals surface area contributed by atoms with Gasteiger partial charge in [-0.1, -0.05) is 77.5 Å². The van der Waals surface area contributed by atoms with Gasteiger partial charge in [-0.05, 0) is 5.56 Å². The van der Waals surface area contributed by atoms with Crippen molar-refractivity contribution in [2.45, 2.75) is 0 Å². The molecule has 8 heteroatoms. The smallest absolute Gasteiger partial charge is 0.268 e. The third-order valence-corrected chi connectivity index (χ3v) is 4.92. The Hall–Kier alpha value is -3.16. The maximum Gasteiger partial charge on any atom is 0.268 e. The zero-order valence-corrected chi connectivity index (χ0v) is 15.4. The number of primary amides is 1. The van der Waals surface area contributed by atoms with E-state index in [1.54, 1.807) is 5.51 Å². The Morgan fingerprint density at radius 1 is 0.963 bits per heavy atom. The first kappa shape index (κ1) is 17.3. The lowest BCUT2D eigenvalue weighted by Crippen LogP contribution is -2.16. The summed E-state index contributed by atoms with van der Waals surface area (Å²) in [5, 5.41) is 8.84. The van der Waals surface area contributed by atoms with Gasteiger partial charge in [0.25, 0.3) is 5.91 Å². The summed E-state index contributed by atoms with van der Waals surface area (Å²) >= 11 is 7.89. The molecule has 0 saturated carbocycles. The second kappa shape index (κ2) is 7.22. The van der Waals surface area contributed by atoms with Gasteiger partial charge in [0.05, 0.1) is 5.56 Å². The zero-order chi connectivity index (χ0) is 18.8. The van der Waals surface area contributed by atoms with Crippen molar-refractivity contribution >= 4 is 28.8 Å². The fourth-order valence-electron chi connectivity index (χ4n) is 2.74. The summed E-state index contributed by atoms with van der Waals surface area (Å²) < 4.78 is 0. The van der Waals surface area contributed by atoms with Crippen LogP contribution in [0.3, 0.4) is 0 Å². The number of carbonyl (C=O) groups excluding carboxylic acids is 1. The van der Waals surface area contributed by atoms with Crippen molar-refractivity contribution in [3.8, 4) is 33.1 Å². The van der Waals surface area contributed by atoms with Crippen molar-refractivity contribution in [2.24, 2.45) is 5.73 Å². The van der Waals surface area contributed by atoms with Crippen molar-refractivity contribution < 1.29 is 4.79 Å². The standard InChI is InChI=1S/C19H12ClN5OS/c20-16-14(12-8-4-5-9-13(12)19-25-22-10-27-19)15(17(21)26)23-18(24-16)11-6-2-1-3-7-11/h1-10H,(H2,21,26). The highest BCUT2D eigenvalue weighted by Crippen LogP contribution is 2.38. The van der Waals surface area contributed by atoms with E-state index in [-0.39, 0.29) is 10.8 Å². The molecule has 2 heterocycles. The number of nitrogens with zero attached hydrogens (tertiary/aromatic N) is 4. The second-order valence-electron chi connectivity index (χ2n) is 5.58. The van der Waals surface area contributed by atoms with Gasteiger partial charge in [0.1, 0.15) is 21.4 Å². The molecule has 0 bridgehead atoms. The largest absolute Gasteiger partial charge is 0.364 e.